The number of halogens is 1. The van der Waals surface area contributed by atoms with Crippen molar-refractivity contribution in [3.63, 3.8) is 0 Å². The third-order valence-electron chi connectivity index (χ3n) is 5.69. The van der Waals surface area contributed by atoms with Gasteiger partial charge in [-0.1, -0.05) is 31.1 Å². The fraction of sp³-hybridized carbons (Fsp3) is 0.391. The lowest BCUT2D eigenvalue weighted by Crippen LogP contribution is -2.46. The molecule has 3 aromatic rings. The number of piperidine rings is 1. The summed E-state index contributed by atoms with van der Waals surface area (Å²) in [5.74, 6) is -0.913. The maximum Gasteiger partial charge on any atom is 0.259 e. The summed E-state index contributed by atoms with van der Waals surface area (Å²) in [7, 11) is 0. The van der Waals surface area contributed by atoms with Gasteiger partial charge in [0.1, 0.15) is 5.82 Å². The van der Waals surface area contributed by atoms with Gasteiger partial charge >= 0.3 is 0 Å². The van der Waals surface area contributed by atoms with Crippen LogP contribution in [-0.4, -0.2) is 46.0 Å². The van der Waals surface area contributed by atoms with Crippen molar-refractivity contribution in [3.8, 4) is 0 Å². The van der Waals surface area contributed by atoms with Crippen molar-refractivity contribution in [2.75, 3.05) is 13.1 Å². The highest BCUT2D eigenvalue weighted by atomic mass is 19.1. The topological polar surface area (TPSA) is 88.3 Å². The molecule has 4 rings (SSSR count). The number of nitrogens with zero attached hydrogens (tertiary/aromatic N) is 3. The summed E-state index contributed by atoms with van der Waals surface area (Å²) in [6.45, 7) is 6.69. The minimum absolute atomic E-state index is 0.0771. The number of nitrogens with one attached hydrogen (secondary N) is 1. The van der Waals surface area contributed by atoms with Crippen LogP contribution in [0.5, 0.6) is 0 Å². The Hall–Kier alpha value is -3.29. The number of likely N-dealkylation sites (tertiary alicyclic amines) is 1. The molecule has 0 atom stereocenters. The molecular formula is C23H25FN4O3. The number of benzene rings is 1. The van der Waals surface area contributed by atoms with Crippen molar-refractivity contribution < 1.29 is 18.5 Å². The SMILES string of the molecule is Cc1noc2nc(C(C)C)cc(C(=O)NC3CCN(C(=O)c4ccccc4F)CC3)c12. The van der Waals surface area contributed by atoms with Crippen molar-refractivity contribution in [3.05, 3.63) is 58.7 Å². The van der Waals surface area contributed by atoms with Crippen LogP contribution in [0.2, 0.25) is 0 Å². The highest BCUT2D eigenvalue weighted by molar-refractivity contribution is 6.06. The van der Waals surface area contributed by atoms with E-state index in [1.807, 2.05) is 13.8 Å². The van der Waals surface area contributed by atoms with Gasteiger partial charge < -0.3 is 14.7 Å². The molecule has 31 heavy (non-hydrogen) atoms. The van der Waals surface area contributed by atoms with Crippen LogP contribution in [0.3, 0.4) is 0 Å². The van der Waals surface area contributed by atoms with Crippen LogP contribution in [0.25, 0.3) is 11.1 Å². The van der Waals surface area contributed by atoms with Gasteiger partial charge in [0.25, 0.3) is 17.5 Å². The fourth-order valence-corrected chi connectivity index (χ4v) is 3.88. The Morgan fingerprint density at radius 2 is 1.90 bits per heavy atom. The molecule has 0 saturated carbocycles. The second-order valence-electron chi connectivity index (χ2n) is 8.22. The van der Waals surface area contributed by atoms with Crippen LogP contribution in [-0.2, 0) is 0 Å². The Balaban J connectivity index is 1.46. The molecule has 8 heteroatoms. The standard InChI is InChI=1S/C23H25FN4O3/c1-13(2)19-12-17(20-14(3)27-31-22(20)26-19)21(29)25-15-8-10-28(11-9-15)23(30)16-6-4-5-7-18(16)24/h4-7,12-13,15H,8-11H2,1-3H3,(H,25,29). The molecule has 0 aliphatic carbocycles. The first-order valence-electron chi connectivity index (χ1n) is 10.5. The van der Waals surface area contributed by atoms with Crippen LogP contribution < -0.4 is 5.32 Å². The van der Waals surface area contributed by atoms with Crippen molar-refractivity contribution in [1.82, 2.24) is 20.4 Å². The quantitative estimate of drug-likeness (QED) is 0.688. The zero-order valence-electron chi connectivity index (χ0n) is 17.8. The van der Waals surface area contributed by atoms with Crippen LogP contribution in [0.4, 0.5) is 4.39 Å². The largest absolute Gasteiger partial charge is 0.349 e. The first-order valence-corrected chi connectivity index (χ1v) is 10.5. The predicted octanol–water partition coefficient (Wildman–Crippen LogP) is 3.83. The summed E-state index contributed by atoms with van der Waals surface area (Å²) in [5, 5.41) is 7.65. The Bertz CT molecular complexity index is 1130. The van der Waals surface area contributed by atoms with Crippen molar-refractivity contribution in [2.45, 2.75) is 45.6 Å². The average molecular weight is 424 g/mol. The molecule has 1 aliphatic rings. The maximum absolute atomic E-state index is 13.9. The van der Waals surface area contributed by atoms with E-state index in [0.717, 1.165) is 5.69 Å². The molecule has 1 aromatic carbocycles. The van der Waals surface area contributed by atoms with Gasteiger partial charge in [-0.25, -0.2) is 9.37 Å². The fourth-order valence-electron chi connectivity index (χ4n) is 3.88. The Morgan fingerprint density at radius 1 is 1.19 bits per heavy atom. The highest BCUT2D eigenvalue weighted by Gasteiger charge is 2.27. The van der Waals surface area contributed by atoms with E-state index in [4.69, 9.17) is 4.52 Å². The normalized spacial score (nSPS) is 14.9. The second-order valence-corrected chi connectivity index (χ2v) is 8.22. The summed E-state index contributed by atoms with van der Waals surface area (Å²) in [5.41, 5.74) is 2.32. The van der Waals surface area contributed by atoms with Gasteiger partial charge in [-0.05, 0) is 43.9 Å². The Labute approximate surface area is 179 Å². The lowest BCUT2D eigenvalue weighted by molar-refractivity contribution is 0.0693. The molecule has 1 aliphatic heterocycles. The number of carbonyl (C=O) groups excluding carboxylic acids is 2. The van der Waals surface area contributed by atoms with E-state index in [0.29, 0.717) is 48.3 Å². The first-order chi connectivity index (χ1) is 14.8. The van der Waals surface area contributed by atoms with Crippen LogP contribution in [0.15, 0.2) is 34.9 Å². The molecule has 1 N–H and O–H groups in total. The summed E-state index contributed by atoms with van der Waals surface area (Å²) in [6.07, 6.45) is 1.19. The van der Waals surface area contributed by atoms with Crippen LogP contribution >= 0.6 is 0 Å². The third-order valence-corrected chi connectivity index (χ3v) is 5.69. The Morgan fingerprint density at radius 3 is 2.58 bits per heavy atom. The molecule has 0 bridgehead atoms. The van der Waals surface area contributed by atoms with Crippen molar-refractivity contribution in [1.29, 1.82) is 0 Å². The maximum atomic E-state index is 13.9. The number of aryl methyl sites for hydroxylation is 1. The van der Waals surface area contributed by atoms with Crippen LogP contribution in [0, 0.1) is 12.7 Å². The molecule has 0 unspecified atom stereocenters. The van der Waals surface area contributed by atoms with Gasteiger partial charge in [0.05, 0.1) is 22.2 Å². The molecule has 0 radical (unpaired) electrons. The van der Waals surface area contributed by atoms with Gasteiger partial charge in [0.2, 0.25) is 0 Å². The van der Waals surface area contributed by atoms with Crippen LogP contribution in [0.1, 0.15) is 64.7 Å². The summed E-state index contributed by atoms with van der Waals surface area (Å²) in [6, 6.07) is 7.70. The molecule has 2 aromatic heterocycles. The zero-order chi connectivity index (χ0) is 22.1. The summed E-state index contributed by atoms with van der Waals surface area (Å²) < 4.78 is 19.2. The number of carbonyl (C=O) groups is 2. The molecular weight excluding hydrogens is 399 g/mol. The lowest BCUT2D eigenvalue weighted by atomic mass is 10.0. The smallest absolute Gasteiger partial charge is 0.259 e. The zero-order valence-corrected chi connectivity index (χ0v) is 17.8. The monoisotopic (exact) mass is 424 g/mol. The van der Waals surface area contributed by atoms with E-state index >= 15 is 0 Å². The average Bonchev–Trinajstić information content (AvgIpc) is 3.14. The van der Waals surface area contributed by atoms with E-state index in [-0.39, 0.29) is 29.3 Å². The third kappa shape index (κ3) is 4.15. The summed E-state index contributed by atoms with van der Waals surface area (Å²) in [4.78, 5) is 31.8. The first kappa shape index (κ1) is 21.0. The molecule has 162 valence electrons. The number of rotatable bonds is 4. The number of amides is 2. The summed E-state index contributed by atoms with van der Waals surface area (Å²) >= 11 is 0. The number of aromatic nitrogens is 2. The number of fused-ring (bicyclic) bond motifs is 1. The molecule has 0 spiro atoms. The molecule has 2 amide bonds. The van der Waals surface area contributed by atoms with Crippen molar-refractivity contribution in [2.24, 2.45) is 0 Å². The molecule has 1 fully saturated rings. The van der Waals surface area contributed by atoms with Gasteiger partial charge in [0, 0.05) is 24.8 Å². The number of hydrogen-bond acceptors (Lipinski definition) is 5. The predicted molar refractivity (Wildman–Crippen MR) is 113 cm³/mol. The molecule has 7 nitrogen and oxygen atoms in total. The molecule has 1 saturated heterocycles. The lowest BCUT2D eigenvalue weighted by Gasteiger charge is -2.32. The van der Waals surface area contributed by atoms with Gasteiger partial charge in [-0.15, -0.1) is 0 Å². The minimum Gasteiger partial charge on any atom is -0.349 e. The number of hydrogen-bond donors (Lipinski definition) is 1. The number of pyridine rings is 1. The van der Waals surface area contributed by atoms with Gasteiger partial charge in [0.15, 0.2) is 0 Å². The van der Waals surface area contributed by atoms with E-state index in [9.17, 15) is 14.0 Å². The van der Waals surface area contributed by atoms with E-state index in [1.165, 1.54) is 12.1 Å². The second kappa shape index (κ2) is 8.45. The van der Waals surface area contributed by atoms with E-state index in [2.05, 4.69) is 15.5 Å². The highest BCUT2D eigenvalue weighted by Crippen LogP contribution is 2.25. The van der Waals surface area contributed by atoms with Crippen molar-refractivity contribution >= 4 is 22.9 Å². The molecule has 3 heterocycles. The Kier molecular flexibility index (Phi) is 5.71. The van der Waals surface area contributed by atoms with E-state index in [1.54, 1.807) is 30.0 Å². The van der Waals surface area contributed by atoms with Gasteiger partial charge in [-0.3, -0.25) is 9.59 Å². The minimum atomic E-state index is -0.519. The van der Waals surface area contributed by atoms with Gasteiger partial charge in [-0.2, -0.15) is 0 Å². The van der Waals surface area contributed by atoms with E-state index < -0.39 is 5.82 Å².